The van der Waals surface area contributed by atoms with Crippen molar-refractivity contribution in [2.24, 2.45) is 0 Å². The summed E-state index contributed by atoms with van der Waals surface area (Å²) in [5.41, 5.74) is 2.07. The van der Waals surface area contributed by atoms with Crippen molar-refractivity contribution in [1.82, 2.24) is 10.2 Å². The zero-order valence-corrected chi connectivity index (χ0v) is 19.4. The molecule has 1 fully saturated rings. The molecule has 1 atom stereocenters. The van der Waals surface area contributed by atoms with Crippen LogP contribution in [0.1, 0.15) is 30.9 Å². The first-order valence-corrected chi connectivity index (χ1v) is 10.1. The van der Waals surface area contributed by atoms with Gasteiger partial charge in [-0.25, -0.2) is 0 Å². The van der Waals surface area contributed by atoms with Gasteiger partial charge in [0, 0.05) is 35.3 Å². The van der Waals surface area contributed by atoms with Crippen LogP contribution in [0.5, 0.6) is 11.5 Å². The fourth-order valence-electron chi connectivity index (χ4n) is 3.71. The Morgan fingerprint density at radius 2 is 1.86 bits per heavy atom. The van der Waals surface area contributed by atoms with E-state index in [4.69, 9.17) is 21.1 Å². The third-order valence-electron chi connectivity index (χ3n) is 5.21. The lowest BCUT2D eigenvalue weighted by Gasteiger charge is -2.23. The third kappa shape index (κ3) is 6.94. The second kappa shape index (κ2) is 13.2. The van der Waals surface area contributed by atoms with Crippen molar-refractivity contribution < 1.29 is 9.47 Å². The monoisotopic (exact) mass is 460 g/mol. The van der Waals surface area contributed by atoms with Gasteiger partial charge < -0.3 is 14.8 Å². The molecule has 0 spiro atoms. The van der Waals surface area contributed by atoms with Crippen LogP contribution in [0.15, 0.2) is 42.5 Å². The molecule has 2 aromatic rings. The Morgan fingerprint density at radius 1 is 1.10 bits per heavy atom. The summed E-state index contributed by atoms with van der Waals surface area (Å²) >= 11 is 6.26. The van der Waals surface area contributed by atoms with Crippen LogP contribution in [-0.2, 0) is 13.2 Å². The lowest BCUT2D eigenvalue weighted by atomic mass is 10.1. The van der Waals surface area contributed by atoms with Crippen LogP contribution >= 0.6 is 36.4 Å². The topological polar surface area (TPSA) is 33.7 Å². The van der Waals surface area contributed by atoms with Crippen LogP contribution in [-0.4, -0.2) is 37.7 Å². The molecular formula is C22H31Cl3N2O2. The van der Waals surface area contributed by atoms with E-state index in [-0.39, 0.29) is 24.8 Å². The van der Waals surface area contributed by atoms with E-state index >= 15 is 0 Å². The average Bonchev–Trinajstić information content (AvgIpc) is 3.15. The molecule has 162 valence electrons. The Bertz CT molecular complexity index is 746. The zero-order chi connectivity index (χ0) is 19.1. The summed E-state index contributed by atoms with van der Waals surface area (Å²) < 4.78 is 11.7. The van der Waals surface area contributed by atoms with Crippen molar-refractivity contribution >= 4 is 36.4 Å². The molecule has 1 saturated heterocycles. The van der Waals surface area contributed by atoms with Crippen molar-refractivity contribution in [3.8, 4) is 11.5 Å². The molecule has 1 aliphatic heterocycles. The van der Waals surface area contributed by atoms with Gasteiger partial charge in [-0.1, -0.05) is 48.9 Å². The van der Waals surface area contributed by atoms with E-state index in [0.717, 1.165) is 42.3 Å². The minimum absolute atomic E-state index is 0. The van der Waals surface area contributed by atoms with Crippen molar-refractivity contribution in [3.05, 3.63) is 58.6 Å². The Hall–Kier alpha value is -1.17. The van der Waals surface area contributed by atoms with E-state index in [9.17, 15) is 0 Å². The Labute approximate surface area is 191 Å². The number of nitrogens with zero attached hydrogens (tertiary/aromatic N) is 1. The van der Waals surface area contributed by atoms with Gasteiger partial charge in [0.2, 0.25) is 0 Å². The van der Waals surface area contributed by atoms with E-state index in [0.29, 0.717) is 17.7 Å². The highest BCUT2D eigenvalue weighted by atomic mass is 35.5. The summed E-state index contributed by atoms with van der Waals surface area (Å²) in [5, 5.41) is 4.32. The fourth-order valence-corrected chi connectivity index (χ4v) is 3.90. The van der Waals surface area contributed by atoms with Gasteiger partial charge >= 0.3 is 0 Å². The molecule has 1 aliphatic rings. The predicted molar refractivity (Wildman–Crippen MR) is 125 cm³/mol. The number of benzene rings is 2. The first-order valence-electron chi connectivity index (χ1n) is 9.69. The Kier molecular flexibility index (Phi) is 11.8. The SMILES string of the molecule is CCN1CCCC1CNCc1cccc(OC)c1OCc1ccccc1Cl.Cl.Cl. The molecule has 0 aliphatic carbocycles. The first-order chi connectivity index (χ1) is 13.2. The maximum Gasteiger partial charge on any atom is 0.166 e. The normalized spacial score (nSPS) is 16.0. The van der Waals surface area contributed by atoms with Crippen LogP contribution in [0.4, 0.5) is 0 Å². The van der Waals surface area contributed by atoms with Crippen LogP contribution in [0, 0.1) is 0 Å². The quantitative estimate of drug-likeness (QED) is 0.546. The van der Waals surface area contributed by atoms with E-state index < -0.39 is 0 Å². The number of hydrogen-bond donors (Lipinski definition) is 1. The van der Waals surface area contributed by atoms with Crippen molar-refractivity contribution in [2.75, 3.05) is 26.7 Å². The third-order valence-corrected chi connectivity index (χ3v) is 5.58. The minimum Gasteiger partial charge on any atom is -0.493 e. The highest BCUT2D eigenvalue weighted by molar-refractivity contribution is 6.31. The highest BCUT2D eigenvalue weighted by Crippen LogP contribution is 2.32. The average molecular weight is 462 g/mol. The number of methoxy groups -OCH3 is 1. The first kappa shape index (κ1) is 25.9. The number of likely N-dealkylation sites (N-methyl/N-ethyl adjacent to an activating group) is 1. The summed E-state index contributed by atoms with van der Waals surface area (Å²) in [4.78, 5) is 2.55. The smallest absolute Gasteiger partial charge is 0.166 e. The van der Waals surface area contributed by atoms with Gasteiger partial charge in [-0.05, 0) is 38.1 Å². The van der Waals surface area contributed by atoms with Crippen LogP contribution < -0.4 is 14.8 Å². The molecule has 1 heterocycles. The lowest BCUT2D eigenvalue weighted by Crippen LogP contribution is -2.37. The van der Waals surface area contributed by atoms with Gasteiger partial charge in [-0.3, -0.25) is 4.90 Å². The number of hydrogen-bond acceptors (Lipinski definition) is 4. The minimum atomic E-state index is 0. The van der Waals surface area contributed by atoms with Gasteiger partial charge in [0.1, 0.15) is 6.61 Å². The maximum atomic E-state index is 6.26. The maximum absolute atomic E-state index is 6.26. The van der Waals surface area contributed by atoms with E-state index in [1.807, 2.05) is 36.4 Å². The van der Waals surface area contributed by atoms with Crippen LogP contribution in [0.3, 0.4) is 0 Å². The Morgan fingerprint density at radius 3 is 2.59 bits per heavy atom. The van der Waals surface area contributed by atoms with Gasteiger partial charge in [0.25, 0.3) is 0 Å². The van der Waals surface area contributed by atoms with Crippen molar-refractivity contribution in [2.45, 2.75) is 39.0 Å². The fraction of sp³-hybridized carbons (Fsp3) is 0.455. The summed E-state index contributed by atoms with van der Waals surface area (Å²) in [6, 6.07) is 14.4. The van der Waals surface area contributed by atoms with Crippen molar-refractivity contribution in [3.63, 3.8) is 0 Å². The van der Waals surface area contributed by atoms with Crippen LogP contribution in [0.2, 0.25) is 5.02 Å². The highest BCUT2D eigenvalue weighted by Gasteiger charge is 2.22. The predicted octanol–water partition coefficient (Wildman–Crippen LogP) is 5.35. The van der Waals surface area contributed by atoms with Crippen LogP contribution in [0.25, 0.3) is 0 Å². The molecule has 4 nitrogen and oxygen atoms in total. The summed E-state index contributed by atoms with van der Waals surface area (Å²) in [6.07, 6.45) is 2.57. The number of para-hydroxylation sites is 1. The number of nitrogens with one attached hydrogen (secondary N) is 1. The largest absolute Gasteiger partial charge is 0.493 e. The number of rotatable bonds is 9. The number of likely N-dealkylation sites (tertiary alicyclic amines) is 1. The second-order valence-corrected chi connectivity index (χ2v) is 7.29. The molecule has 2 aromatic carbocycles. The zero-order valence-electron chi connectivity index (χ0n) is 17.0. The molecule has 0 amide bonds. The van der Waals surface area contributed by atoms with Gasteiger partial charge in [0.15, 0.2) is 11.5 Å². The molecular weight excluding hydrogens is 431 g/mol. The molecule has 1 N–H and O–H groups in total. The molecule has 0 bridgehead atoms. The molecule has 0 radical (unpaired) electrons. The molecule has 1 unspecified atom stereocenters. The molecule has 0 saturated carbocycles. The van der Waals surface area contributed by atoms with E-state index in [2.05, 4.69) is 23.2 Å². The van der Waals surface area contributed by atoms with Gasteiger partial charge in [-0.2, -0.15) is 0 Å². The second-order valence-electron chi connectivity index (χ2n) is 6.88. The van der Waals surface area contributed by atoms with Gasteiger partial charge in [-0.15, -0.1) is 24.8 Å². The number of halogens is 3. The molecule has 3 rings (SSSR count). The number of ether oxygens (including phenoxy) is 2. The molecule has 29 heavy (non-hydrogen) atoms. The summed E-state index contributed by atoms with van der Waals surface area (Å²) in [5.74, 6) is 1.53. The van der Waals surface area contributed by atoms with Gasteiger partial charge in [0.05, 0.1) is 7.11 Å². The summed E-state index contributed by atoms with van der Waals surface area (Å²) in [6.45, 7) is 6.74. The lowest BCUT2D eigenvalue weighted by molar-refractivity contribution is 0.258. The van der Waals surface area contributed by atoms with E-state index in [1.165, 1.54) is 19.4 Å². The van der Waals surface area contributed by atoms with Crippen molar-refractivity contribution in [1.29, 1.82) is 0 Å². The molecule has 7 heteroatoms. The standard InChI is InChI=1S/C22H29ClN2O2.2ClH/c1-3-25-13-7-10-19(25)15-24-14-17-9-6-12-21(26-2)22(17)27-16-18-8-4-5-11-20(18)23;;/h4-6,8-9,11-12,19,24H,3,7,10,13-16H2,1-2H3;2*1H. The molecule has 0 aromatic heterocycles. The Balaban J connectivity index is 0.00000210. The summed E-state index contributed by atoms with van der Waals surface area (Å²) in [7, 11) is 1.67. The van der Waals surface area contributed by atoms with E-state index in [1.54, 1.807) is 7.11 Å².